The van der Waals surface area contributed by atoms with Crippen LogP contribution in [-0.2, 0) is 11.3 Å². The lowest BCUT2D eigenvalue weighted by Crippen LogP contribution is -2.52. The van der Waals surface area contributed by atoms with Crippen LogP contribution in [-0.4, -0.2) is 28.8 Å². The molecule has 0 spiro atoms. The van der Waals surface area contributed by atoms with Gasteiger partial charge in [0.1, 0.15) is 0 Å². The number of nitrogens with zero attached hydrogens (tertiary/aromatic N) is 1. The molecular weight excluding hydrogens is 370 g/mol. The quantitative estimate of drug-likeness (QED) is 0.773. The predicted octanol–water partition coefficient (Wildman–Crippen LogP) is 4.01. The van der Waals surface area contributed by atoms with E-state index in [1.54, 1.807) is 0 Å². The zero-order valence-electron chi connectivity index (χ0n) is 16.0. The summed E-state index contributed by atoms with van der Waals surface area (Å²) in [5, 5.41) is 4.91. The van der Waals surface area contributed by atoms with E-state index in [9.17, 15) is 9.59 Å². The first kappa shape index (κ1) is 19.2. The lowest BCUT2D eigenvalue weighted by atomic mass is 9.89. The highest BCUT2D eigenvalue weighted by atomic mass is 32.1. The van der Waals surface area contributed by atoms with Crippen LogP contribution in [0.5, 0.6) is 0 Å². The topological polar surface area (TPSA) is 75.4 Å². The molecule has 4 rings (SSSR count). The van der Waals surface area contributed by atoms with Crippen molar-refractivity contribution in [3.05, 3.63) is 52.2 Å². The van der Waals surface area contributed by atoms with E-state index in [-0.39, 0.29) is 29.8 Å². The Bertz CT molecular complexity index is 832. The van der Waals surface area contributed by atoms with Gasteiger partial charge in [0.05, 0.1) is 4.88 Å². The number of hydrogen-bond donors (Lipinski definition) is 2. The van der Waals surface area contributed by atoms with Crippen LogP contribution in [0.4, 0.5) is 5.69 Å². The minimum atomic E-state index is -0.114. The second-order valence-corrected chi connectivity index (χ2v) is 8.79. The van der Waals surface area contributed by atoms with Gasteiger partial charge in [-0.1, -0.05) is 37.1 Å². The van der Waals surface area contributed by atoms with Crippen molar-refractivity contribution in [2.75, 3.05) is 5.32 Å². The molecule has 28 heavy (non-hydrogen) atoms. The Labute approximate surface area is 169 Å². The summed E-state index contributed by atoms with van der Waals surface area (Å²) in [7, 11) is 0. The number of hydrogen-bond acceptors (Lipinski definition) is 4. The van der Waals surface area contributed by atoms with Gasteiger partial charge in [-0.3, -0.25) is 9.59 Å². The third kappa shape index (κ3) is 4.28. The number of amides is 2. The van der Waals surface area contributed by atoms with E-state index >= 15 is 0 Å². The molecule has 2 saturated carbocycles. The maximum absolute atomic E-state index is 13.1. The highest BCUT2D eigenvalue weighted by molar-refractivity contribution is 7.12. The number of rotatable bonds is 6. The van der Waals surface area contributed by atoms with Crippen molar-refractivity contribution in [2.24, 2.45) is 11.7 Å². The van der Waals surface area contributed by atoms with E-state index < -0.39 is 0 Å². The maximum atomic E-state index is 13.1. The summed E-state index contributed by atoms with van der Waals surface area (Å²) in [5.74, 6) is 0.264. The van der Waals surface area contributed by atoms with Crippen molar-refractivity contribution in [2.45, 2.75) is 57.2 Å². The van der Waals surface area contributed by atoms with Crippen molar-refractivity contribution in [1.29, 1.82) is 0 Å². The van der Waals surface area contributed by atoms with Gasteiger partial charge >= 0.3 is 0 Å². The molecule has 2 aliphatic rings. The molecule has 2 atom stereocenters. The van der Waals surface area contributed by atoms with Crippen LogP contribution in [0.15, 0.2) is 41.8 Å². The number of nitrogens with one attached hydrogen (secondary N) is 1. The molecule has 2 aromatic rings. The van der Waals surface area contributed by atoms with E-state index in [1.807, 2.05) is 46.7 Å². The van der Waals surface area contributed by atoms with Gasteiger partial charge in [0.25, 0.3) is 5.91 Å². The minimum absolute atomic E-state index is 0.0318. The molecular formula is C22H27N3O2S. The standard InChI is InChI=1S/C22H27N3O2S/c23-17-7-2-4-9-19(17)25(22(27)15-11-12-15)14-16-6-1-3-8-18(16)24-21(26)20-10-5-13-28-20/h1,3,5-6,8,10,13,15,17,19H,2,4,7,9,11-12,14,23H2,(H,24,26). The first-order chi connectivity index (χ1) is 13.6. The van der Waals surface area contributed by atoms with Crippen molar-refractivity contribution >= 4 is 28.8 Å². The summed E-state index contributed by atoms with van der Waals surface area (Å²) in [5.41, 5.74) is 8.13. The summed E-state index contributed by atoms with van der Waals surface area (Å²) < 4.78 is 0. The molecule has 3 N–H and O–H groups in total. The van der Waals surface area contributed by atoms with Crippen molar-refractivity contribution < 1.29 is 9.59 Å². The minimum Gasteiger partial charge on any atom is -0.334 e. The third-order valence-corrected chi connectivity index (χ3v) is 6.61. The Hall–Kier alpha value is -2.18. The Morgan fingerprint density at radius 1 is 1.07 bits per heavy atom. The molecule has 0 saturated heterocycles. The van der Waals surface area contributed by atoms with Crippen LogP contribution in [0, 0.1) is 5.92 Å². The van der Waals surface area contributed by atoms with Crippen molar-refractivity contribution in [3.8, 4) is 0 Å². The smallest absolute Gasteiger partial charge is 0.265 e. The Balaban J connectivity index is 1.56. The summed E-state index contributed by atoms with van der Waals surface area (Å²) >= 11 is 1.42. The molecule has 2 fully saturated rings. The van der Waals surface area contributed by atoms with Crippen LogP contribution < -0.4 is 11.1 Å². The normalized spacial score (nSPS) is 21.9. The lowest BCUT2D eigenvalue weighted by Gasteiger charge is -2.39. The molecule has 0 bridgehead atoms. The van der Waals surface area contributed by atoms with Gasteiger partial charge in [-0.05, 0) is 48.8 Å². The highest BCUT2D eigenvalue weighted by Crippen LogP contribution is 2.35. The Morgan fingerprint density at radius 2 is 1.86 bits per heavy atom. The van der Waals surface area contributed by atoms with Crippen LogP contribution in [0.3, 0.4) is 0 Å². The van der Waals surface area contributed by atoms with E-state index in [0.717, 1.165) is 49.8 Å². The zero-order valence-corrected chi connectivity index (χ0v) is 16.8. The van der Waals surface area contributed by atoms with E-state index in [2.05, 4.69) is 5.32 Å². The molecule has 2 amide bonds. The first-order valence-corrected chi connectivity index (χ1v) is 11.0. The zero-order chi connectivity index (χ0) is 19.5. The van der Waals surface area contributed by atoms with Gasteiger partial charge in [-0.2, -0.15) is 0 Å². The van der Waals surface area contributed by atoms with Crippen molar-refractivity contribution in [3.63, 3.8) is 0 Å². The van der Waals surface area contributed by atoms with E-state index in [1.165, 1.54) is 11.3 Å². The van der Waals surface area contributed by atoms with E-state index in [4.69, 9.17) is 5.73 Å². The fourth-order valence-corrected chi connectivity index (χ4v) is 4.62. The molecule has 148 valence electrons. The average molecular weight is 398 g/mol. The summed E-state index contributed by atoms with van der Waals surface area (Å²) in [6, 6.07) is 11.6. The monoisotopic (exact) mass is 397 g/mol. The van der Waals surface area contributed by atoms with Crippen LogP contribution >= 0.6 is 11.3 Å². The molecule has 1 aromatic carbocycles. The van der Waals surface area contributed by atoms with Crippen LogP contribution in [0.25, 0.3) is 0 Å². The first-order valence-electron chi connectivity index (χ1n) is 10.1. The van der Waals surface area contributed by atoms with Crippen molar-refractivity contribution in [1.82, 2.24) is 4.90 Å². The second-order valence-electron chi connectivity index (χ2n) is 7.84. The van der Waals surface area contributed by atoms with Gasteiger partial charge in [0.15, 0.2) is 0 Å². The summed E-state index contributed by atoms with van der Waals surface area (Å²) in [6.07, 6.45) is 6.14. The second kappa shape index (κ2) is 8.45. The van der Waals surface area contributed by atoms with E-state index in [0.29, 0.717) is 11.4 Å². The fourth-order valence-electron chi connectivity index (χ4n) is 4.01. The number of nitrogens with two attached hydrogens (primary N) is 1. The lowest BCUT2D eigenvalue weighted by molar-refractivity contribution is -0.136. The molecule has 0 aliphatic heterocycles. The number of para-hydroxylation sites is 1. The van der Waals surface area contributed by atoms with Gasteiger partial charge in [-0.15, -0.1) is 11.3 Å². The average Bonchev–Trinajstić information content (AvgIpc) is 3.41. The number of benzene rings is 1. The number of thiophene rings is 1. The van der Waals surface area contributed by atoms with Gasteiger partial charge in [0, 0.05) is 30.2 Å². The van der Waals surface area contributed by atoms with Gasteiger partial charge in [-0.25, -0.2) is 0 Å². The Morgan fingerprint density at radius 3 is 2.57 bits per heavy atom. The van der Waals surface area contributed by atoms with Gasteiger partial charge < -0.3 is 16.0 Å². The Kier molecular flexibility index (Phi) is 5.78. The highest BCUT2D eigenvalue weighted by Gasteiger charge is 2.39. The molecule has 1 aromatic heterocycles. The van der Waals surface area contributed by atoms with Crippen LogP contribution in [0.1, 0.15) is 53.8 Å². The predicted molar refractivity (Wildman–Crippen MR) is 112 cm³/mol. The number of carbonyl (C=O) groups excluding carboxylic acids is 2. The van der Waals surface area contributed by atoms with Crippen LogP contribution in [0.2, 0.25) is 0 Å². The maximum Gasteiger partial charge on any atom is 0.265 e. The number of carbonyl (C=O) groups is 2. The van der Waals surface area contributed by atoms with Gasteiger partial charge in [0.2, 0.25) is 5.91 Å². The fraction of sp³-hybridized carbons (Fsp3) is 0.455. The molecule has 5 nitrogen and oxygen atoms in total. The molecule has 2 unspecified atom stereocenters. The molecule has 0 radical (unpaired) electrons. The molecule has 2 aliphatic carbocycles. The summed E-state index contributed by atoms with van der Waals surface area (Å²) in [6.45, 7) is 0.495. The SMILES string of the molecule is NC1CCCCC1N(Cc1ccccc1NC(=O)c1cccs1)C(=O)C1CC1. The molecule has 1 heterocycles. The third-order valence-electron chi connectivity index (χ3n) is 5.74. The number of anilines is 1. The largest absolute Gasteiger partial charge is 0.334 e. The summed E-state index contributed by atoms with van der Waals surface area (Å²) in [4.78, 5) is 28.3. The molecule has 6 heteroatoms.